The van der Waals surface area contributed by atoms with Crippen LogP contribution in [-0.4, -0.2) is 15.5 Å². The van der Waals surface area contributed by atoms with Crippen molar-refractivity contribution in [3.05, 3.63) is 59.9 Å². The summed E-state index contributed by atoms with van der Waals surface area (Å²) in [5, 5.41) is 0. The molecule has 20 heavy (non-hydrogen) atoms. The third-order valence-electron chi connectivity index (χ3n) is 3.34. The monoisotopic (exact) mass is 265 g/mol. The number of para-hydroxylation sites is 1. The maximum Gasteiger partial charge on any atom is 0.248 e. The fourth-order valence-electron chi connectivity index (χ4n) is 2.38. The number of aromatic nitrogens is 2. The van der Waals surface area contributed by atoms with Gasteiger partial charge in [0.05, 0.1) is 11.0 Å². The minimum absolute atomic E-state index is 0.425. The second-order valence-electron chi connectivity index (χ2n) is 4.62. The summed E-state index contributed by atoms with van der Waals surface area (Å²) in [6, 6.07) is 15.4. The van der Waals surface area contributed by atoms with Crippen LogP contribution >= 0.6 is 0 Å². The van der Waals surface area contributed by atoms with E-state index in [9.17, 15) is 4.79 Å². The van der Waals surface area contributed by atoms with Crippen LogP contribution in [0, 0.1) is 0 Å². The molecule has 0 saturated carbocycles. The lowest BCUT2D eigenvalue weighted by molar-refractivity contribution is 0.100. The number of fused-ring (bicyclic) bond motifs is 1. The minimum atomic E-state index is -0.425. The molecule has 4 nitrogen and oxygen atoms in total. The van der Waals surface area contributed by atoms with E-state index in [1.54, 1.807) is 12.1 Å². The first-order chi connectivity index (χ1) is 9.70. The molecule has 0 atom stereocenters. The molecular weight excluding hydrogens is 250 g/mol. The molecule has 4 heteroatoms. The standard InChI is InChI=1S/C16H15N3O/c1-2-15-18-13-9-8-11(16(17)20)10-14(13)19(15)12-6-4-3-5-7-12/h3-10H,2H2,1H3,(H2,17,20). The topological polar surface area (TPSA) is 60.9 Å². The summed E-state index contributed by atoms with van der Waals surface area (Å²) in [5.74, 6) is 0.540. The van der Waals surface area contributed by atoms with E-state index >= 15 is 0 Å². The van der Waals surface area contributed by atoms with E-state index in [4.69, 9.17) is 5.73 Å². The number of rotatable bonds is 3. The van der Waals surface area contributed by atoms with Gasteiger partial charge in [0, 0.05) is 17.7 Å². The third kappa shape index (κ3) is 1.95. The molecule has 1 heterocycles. The lowest BCUT2D eigenvalue weighted by Crippen LogP contribution is -2.10. The molecule has 3 rings (SSSR count). The number of nitrogens with two attached hydrogens (primary N) is 1. The summed E-state index contributed by atoms with van der Waals surface area (Å²) >= 11 is 0. The number of carbonyl (C=O) groups excluding carboxylic acids is 1. The Bertz CT molecular complexity index is 775. The summed E-state index contributed by atoms with van der Waals surface area (Å²) in [4.78, 5) is 16.0. The number of amides is 1. The van der Waals surface area contributed by atoms with Gasteiger partial charge in [0.1, 0.15) is 5.82 Å². The molecule has 0 aliphatic rings. The van der Waals surface area contributed by atoms with Crippen molar-refractivity contribution in [2.45, 2.75) is 13.3 Å². The normalized spacial score (nSPS) is 10.8. The number of benzene rings is 2. The second-order valence-corrected chi connectivity index (χ2v) is 4.62. The van der Waals surface area contributed by atoms with Crippen molar-refractivity contribution in [3.63, 3.8) is 0 Å². The van der Waals surface area contributed by atoms with Gasteiger partial charge in [0.25, 0.3) is 0 Å². The maximum atomic E-state index is 11.4. The van der Waals surface area contributed by atoms with Crippen LogP contribution in [0.4, 0.5) is 0 Å². The Hall–Kier alpha value is -2.62. The van der Waals surface area contributed by atoms with Crippen molar-refractivity contribution in [2.75, 3.05) is 0 Å². The van der Waals surface area contributed by atoms with Gasteiger partial charge in [0.15, 0.2) is 0 Å². The number of hydrogen-bond donors (Lipinski definition) is 1. The summed E-state index contributed by atoms with van der Waals surface area (Å²) in [6.07, 6.45) is 0.815. The van der Waals surface area contributed by atoms with Gasteiger partial charge in [-0.15, -0.1) is 0 Å². The Kier molecular flexibility index (Phi) is 2.99. The first-order valence-electron chi connectivity index (χ1n) is 6.57. The second kappa shape index (κ2) is 4.81. The Balaban J connectivity index is 2.32. The predicted octanol–water partition coefficient (Wildman–Crippen LogP) is 2.69. The van der Waals surface area contributed by atoms with Crippen molar-refractivity contribution in [2.24, 2.45) is 5.73 Å². The first kappa shape index (κ1) is 12.4. The van der Waals surface area contributed by atoms with Gasteiger partial charge in [-0.1, -0.05) is 25.1 Å². The Morgan fingerprint density at radius 3 is 2.60 bits per heavy atom. The van der Waals surface area contributed by atoms with E-state index in [0.717, 1.165) is 29.0 Å². The van der Waals surface area contributed by atoms with Crippen LogP contribution in [0.5, 0.6) is 0 Å². The van der Waals surface area contributed by atoms with Crippen molar-refractivity contribution < 1.29 is 4.79 Å². The minimum Gasteiger partial charge on any atom is -0.366 e. The van der Waals surface area contributed by atoms with Crippen LogP contribution in [0.2, 0.25) is 0 Å². The van der Waals surface area contributed by atoms with Crippen molar-refractivity contribution >= 4 is 16.9 Å². The van der Waals surface area contributed by atoms with Crippen LogP contribution in [0.25, 0.3) is 16.7 Å². The van der Waals surface area contributed by atoms with E-state index in [1.165, 1.54) is 0 Å². The van der Waals surface area contributed by atoms with Crippen molar-refractivity contribution in [1.29, 1.82) is 0 Å². The largest absolute Gasteiger partial charge is 0.366 e. The Morgan fingerprint density at radius 1 is 1.20 bits per heavy atom. The number of primary amides is 1. The molecule has 0 spiro atoms. The van der Waals surface area contributed by atoms with Crippen LogP contribution in [0.1, 0.15) is 23.1 Å². The highest BCUT2D eigenvalue weighted by Gasteiger charge is 2.12. The first-order valence-corrected chi connectivity index (χ1v) is 6.57. The summed E-state index contributed by atoms with van der Waals surface area (Å²) < 4.78 is 2.07. The molecule has 0 radical (unpaired) electrons. The molecule has 0 bridgehead atoms. The lowest BCUT2D eigenvalue weighted by Gasteiger charge is -2.08. The van der Waals surface area contributed by atoms with Crippen LogP contribution < -0.4 is 5.73 Å². The fourth-order valence-corrected chi connectivity index (χ4v) is 2.38. The highest BCUT2D eigenvalue weighted by molar-refractivity contribution is 5.96. The van der Waals surface area contributed by atoms with E-state index in [1.807, 2.05) is 36.4 Å². The van der Waals surface area contributed by atoms with E-state index in [0.29, 0.717) is 5.56 Å². The zero-order valence-electron chi connectivity index (χ0n) is 11.2. The lowest BCUT2D eigenvalue weighted by atomic mass is 10.2. The zero-order chi connectivity index (χ0) is 14.1. The van der Waals surface area contributed by atoms with Gasteiger partial charge in [-0.25, -0.2) is 4.98 Å². The molecule has 3 aromatic rings. The molecule has 2 N–H and O–H groups in total. The molecule has 1 amide bonds. The molecule has 1 aromatic heterocycles. The average molecular weight is 265 g/mol. The van der Waals surface area contributed by atoms with Crippen molar-refractivity contribution in [3.8, 4) is 5.69 Å². The highest BCUT2D eigenvalue weighted by atomic mass is 16.1. The van der Waals surface area contributed by atoms with Crippen LogP contribution in [-0.2, 0) is 6.42 Å². The maximum absolute atomic E-state index is 11.4. The van der Waals surface area contributed by atoms with Gasteiger partial charge in [0.2, 0.25) is 5.91 Å². The average Bonchev–Trinajstić information content (AvgIpc) is 2.85. The van der Waals surface area contributed by atoms with Gasteiger partial charge >= 0.3 is 0 Å². The number of nitrogens with zero attached hydrogens (tertiary/aromatic N) is 2. The SMILES string of the molecule is CCc1nc2ccc(C(N)=O)cc2n1-c1ccccc1. The van der Waals surface area contributed by atoms with Crippen LogP contribution in [0.15, 0.2) is 48.5 Å². The fraction of sp³-hybridized carbons (Fsp3) is 0.125. The molecule has 0 aliphatic carbocycles. The molecule has 0 fully saturated rings. The van der Waals surface area contributed by atoms with E-state index in [2.05, 4.69) is 16.5 Å². The highest BCUT2D eigenvalue weighted by Crippen LogP contribution is 2.23. The van der Waals surface area contributed by atoms with Gasteiger partial charge in [-0.2, -0.15) is 0 Å². The van der Waals surface area contributed by atoms with Crippen molar-refractivity contribution in [1.82, 2.24) is 9.55 Å². The number of hydrogen-bond acceptors (Lipinski definition) is 2. The van der Waals surface area contributed by atoms with Crippen LogP contribution in [0.3, 0.4) is 0 Å². The smallest absolute Gasteiger partial charge is 0.248 e. The summed E-state index contributed by atoms with van der Waals surface area (Å²) in [5.41, 5.74) is 8.68. The molecule has 0 saturated heterocycles. The molecule has 100 valence electrons. The summed E-state index contributed by atoms with van der Waals surface area (Å²) in [7, 11) is 0. The Labute approximate surface area is 116 Å². The van der Waals surface area contributed by atoms with Gasteiger partial charge in [-0.3, -0.25) is 9.36 Å². The van der Waals surface area contributed by atoms with Gasteiger partial charge < -0.3 is 5.73 Å². The van der Waals surface area contributed by atoms with Gasteiger partial charge in [-0.05, 0) is 30.3 Å². The predicted molar refractivity (Wildman–Crippen MR) is 79.0 cm³/mol. The van der Waals surface area contributed by atoms with E-state index in [-0.39, 0.29) is 0 Å². The number of imidazole rings is 1. The molecule has 0 unspecified atom stereocenters. The molecule has 2 aromatic carbocycles. The van der Waals surface area contributed by atoms with E-state index < -0.39 is 5.91 Å². The Morgan fingerprint density at radius 2 is 1.95 bits per heavy atom. The third-order valence-corrected chi connectivity index (χ3v) is 3.34. The zero-order valence-corrected chi connectivity index (χ0v) is 11.2. The summed E-state index contributed by atoms with van der Waals surface area (Å²) in [6.45, 7) is 2.07. The number of aryl methyl sites for hydroxylation is 1. The quantitative estimate of drug-likeness (QED) is 0.791. The molecular formula is C16H15N3O. The molecule has 0 aliphatic heterocycles. The number of carbonyl (C=O) groups is 1.